The van der Waals surface area contributed by atoms with Crippen molar-refractivity contribution in [2.45, 2.75) is 367 Å². The number of hydrogen-bond donors (Lipinski definition) is 2. The summed E-state index contributed by atoms with van der Waals surface area (Å²) in [6.45, 7) is 3.69. The van der Waals surface area contributed by atoms with Crippen LogP contribution in [0.25, 0.3) is 0 Å². The summed E-state index contributed by atoms with van der Waals surface area (Å²) < 4.78 is 39.4. The molecule has 1 amide bonds. The normalized spacial score (nSPS) is 12.6. The zero-order chi connectivity index (χ0) is 57.5. The van der Waals surface area contributed by atoms with Gasteiger partial charge in [-0.15, -0.1) is 0 Å². The molecule has 0 heterocycles. The molecule has 1 unspecified atom stereocenters. The van der Waals surface area contributed by atoms with Gasteiger partial charge in [-0.25, -0.2) is 9.36 Å². The Labute approximate surface area is 487 Å². The molecule has 0 radical (unpaired) electrons. The van der Waals surface area contributed by atoms with Crippen LogP contribution >= 0.6 is 7.82 Å². The Hall–Kier alpha value is -2.01. The van der Waals surface area contributed by atoms with Gasteiger partial charge in [-0.05, 0) is 25.7 Å². The molecular weight excluding hydrogens is 1010 g/mol. The highest BCUT2D eigenvalue weighted by atomic mass is 31.2. The predicted molar refractivity (Wildman–Crippen MR) is 329 cm³/mol. The highest BCUT2D eigenvalue weighted by molar-refractivity contribution is 7.47. The molecule has 13 heteroatoms. The van der Waals surface area contributed by atoms with Gasteiger partial charge in [0.05, 0.1) is 19.8 Å². The third-order valence-electron chi connectivity index (χ3n) is 15.4. The average Bonchev–Trinajstić information content (AvgIpc) is 3.43. The van der Waals surface area contributed by atoms with Gasteiger partial charge in [0.2, 0.25) is 0 Å². The molecule has 0 fully saturated rings. The number of amides is 1. The van der Waals surface area contributed by atoms with E-state index in [2.05, 4.69) is 19.2 Å². The molecule has 0 aromatic heterocycles. The van der Waals surface area contributed by atoms with E-state index < -0.39 is 38.6 Å². The molecule has 12 nitrogen and oxygen atoms in total. The molecule has 0 aliphatic carbocycles. The van der Waals surface area contributed by atoms with Crippen LogP contribution in [-0.2, 0) is 42.2 Å². The minimum absolute atomic E-state index is 0.0614. The van der Waals surface area contributed by atoms with Gasteiger partial charge in [-0.2, -0.15) is 0 Å². The van der Waals surface area contributed by atoms with Crippen molar-refractivity contribution in [2.75, 3.05) is 33.0 Å². The standard InChI is InChI=1S/C66H128NO11P/c1-3-5-7-9-11-13-15-17-27-31-35-39-43-47-51-55-64(69)75-61-63(78-65(70)56-52-48-44-40-36-32-28-18-16-14-12-10-8-6-4-2)62-77-79(72,73)76-60-57-67-66(71)74-59-54-50-46-42-38-34-30-26-24-22-20-19-21-23-25-29-33-37-41-45-49-53-58-68/h58,63H,3-57,59-62H2,1-2H3,(H,67,71)(H,72,73)/t63-/m1/s1. The summed E-state index contributed by atoms with van der Waals surface area (Å²) in [6, 6.07) is 0. The van der Waals surface area contributed by atoms with Crippen molar-refractivity contribution in [3.05, 3.63) is 0 Å². The van der Waals surface area contributed by atoms with E-state index in [0.29, 0.717) is 19.4 Å². The third kappa shape index (κ3) is 63.4. The van der Waals surface area contributed by atoms with Gasteiger partial charge in [0, 0.05) is 25.8 Å². The van der Waals surface area contributed by atoms with Crippen molar-refractivity contribution in [1.82, 2.24) is 5.32 Å². The van der Waals surface area contributed by atoms with Crippen LogP contribution in [0, 0.1) is 0 Å². The lowest BCUT2D eigenvalue weighted by molar-refractivity contribution is -0.161. The van der Waals surface area contributed by atoms with E-state index in [0.717, 1.165) is 70.5 Å². The number of hydrogen-bond acceptors (Lipinski definition) is 10. The molecule has 2 atom stereocenters. The van der Waals surface area contributed by atoms with E-state index in [-0.39, 0.29) is 32.6 Å². The SMILES string of the molecule is CCCCCCCCCCCCCCCCCC(=O)OC[C@H](COP(=O)(O)OCCNC(=O)OCCCCCCCCCCCCCCCCCCCCCCCC=O)OC(=O)CCCCCCCCCCCCCCCCC. The number of phosphoric ester groups is 1. The molecule has 0 aliphatic rings. The molecule has 0 aromatic carbocycles. The van der Waals surface area contributed by atoms with Gasteiger partial charge in [0.1, 0.15) is 12.9 Å². The van der Waals surface area contributed by atoms with Crippen LogP contribution in [0.5, 0.6) is 0 Å². The van der Waals surface area contributed by atoms with Crippen molar-refractivity contribution in [1.29, 1.82) is 0 Å². The molecule has 79 heavy (non-hydrogen) atoms. The Balaban J connectivity index is 4.30. The van der Waals surface area contributed by atoms with Crippen molar-refractivity contribution in [3.8, 4) is 0 Å². The predicted octanol–water partition coefficient (Wildman–Crippen LogP) is 20.6. The van der Waals surface area contributed by atoms with Crippen LogP contribution in [0.4, 0.5) is 4.79 Å². The van der Waals surface area contributed by atoms with Gasteiger partial charge in [-0.1, -0.05) is 316 Å². The number of aldehydes is 1. The first kappa shape index (κ1) is 77.0. The van der Waals surface area contributed by atoms with E-state index in [1.54, 1.807) is 0 Å². The second-order valence-electron chi connectivity index (χ2n) is 23.2. The molecule has 0 aromatic rings. The number of phosphoric acid groups is 1. The number of ether oxygens (including phenoxy) is 3. The number of nitrogens with one attached hydrogen (secondary N) is 1. The Morgan fingerprint density at radius 3 is 1.06 bits per heavy atom. The number of rotatable bonds is 66. The van der Waals surface area contributed by atoms with Crippen LogP contribution in [0.3, 0.4) is 0 Å². The van der Waals surface area contributed by atoms with Gasteiger partial charge in [-0.3, -0.25) is 18.6 Å². The number of esters is 2. The van der Waals surface area contributed by atoms with Crippen molar-refractivity contribution in [2.24, 2.45) is 0 Å². The van der Waals surface area contributed by atoms with Crippen LogP contribution < -0.4 is 5.32 Å². The Morgan fingerprint density at radius 1 is 0.392 bits per heavy atom. The maximum absolute atomic E-state index is 12.9. The zero-order valence-corrected chi connectivity index (χ0v) is 52.7. The number of unbranched alkanes of at least 4 members (excludes halogenated alkanes) is 49. The van der Waals surface area contributed by atoms with Gasteiger partial charge >= 0.3 is 25.9 Å². The van der Waals surface area contributed by atoms with E-state index in [1.165, 1.54) is 257 Å². The summed E-state index contributed by atoms with van der Waals surface area (Å²) in [5.74, 6) is -0.869. The number of carbonyl (C=O) groups is 4. The van der Waals surface area contributed by atoms with Crippen LogP contribution in [0.15, 0.2) is 0 Å². The lowest BCUT2D eigenvalue weighted by Crippen LogP contribution is -2.30. The van der Waals surface area contributed by atoms with Crippen molar-refractivity contribution < 1.29 is 51.9 Å². The monoisotopic (exact) mass is 1140 g/mol. The van der Waals surface area contributed by atoms with E-state index in [9.17, 15) is 28.6 Å². The quantitative estimate of drug-likeness (QED) is 0.0196. The fourth-order valence-electron chi connectivity index (χ4n) is 10.3. The van der Waals surface area contributed by atoms with Crippen LogP contribution in [0.1, 0.15) is 361 Å². The lowest BCUT2D eigenvalue weighted by atomic mass is 10.0. The lowest BCUT2D eigenvalue weighted by Gasteiger charge is -2.20. The smallest absolute Gasteiger partial charge is 0.462 e. The molecule has 0 saturated carbocycles. The summed E-state index contributed by atoms with van der Waals surface area (Å²) in [5, 5.41) is 2.54. The zero-order valence-electron chi connectivity index (χ0n) is 51.9. The van der Waals surface area contributed by atoms with Crippen LogP contribution in [-0.4, -0.2) is 68.3 Å². The molecule has 0 aliphatic heterocycles. The maximum atomic E-state index is 12.9. The second kappa shape index (κ2) is 63.6. The van der Waals surface area contributed by atoms with Gasteiger partial charge < -0.3 is 29.2 Å². The first-order valence-corrected chi connectivity index (χ1v) is 35.5. The average molecular weight is 1140 g/mol. The Morgan fingerprint density at radius 2 is 0.709 bits per heavy atom. The maximum Gasteiger partial charge on any atom is 0.472 e. The third-order valence-corrected chi connectivity index (χ3v) is 16.4. The second-order valence-corrected chi connectivity index (χ2v) is 24.7. The first-order chi connectivity index (χ1) is 38.7. The van der Waals surface area contributed by atoms with E-state index in [4.69, 9.17) is 23.3 Å². The summed E-state index contributed by atoms with van der Waals surface area (Å²) in [6.07, 6.45) is 63.9. The molecule has 2 N–H and O–H groups in total. The van der Waals surface area contributed by atoms with Gasteiger partial charge in [0.25, 0.3) is 0 Å². The van der Waals surface area contributed by atoms with Gasteiger partial charge in [0.15, 0.2) is 6.10 Å². The summed E-state index contributed by atoms with van der Waals surface area (Å²) in [7, 11) is -4.59. The molecular formula is C66H128NO11P. The summed E-state index contributed by atoms with van der Waals surface area (Å²) >= 11 is 0. The fraction of sp³-hybridized carbons (Fsp3) is 0.939. The van der Waals surface area contributed by atoms with Crippen molar-refractivity contribution in [3.63, 3.8) is 0 Å². The van der Waals surface area contributed by atoms with Crippen molar-refractivity contribution >= 4 is 32.1 Å². The highest BCUT2D eigenvalue weighted by Gasteiger charge is 2.26. The van der Waals surface area contributed by atoms with Crippen LogP contribution in [0.2, 0.25) is 0 Å². The fourth-order valence-corrected chi connectivity index (χ4v) is 11.1. The summed E-state index contributed by atoms with van der Waals surface area (Å²) in [5.41, 5.74) is 0. The minimum Gasteiger partial charge on any atom is -0.462 e. The Bertz CT molecular complexity index is 1350. The van der Waals surface area contributed by atoms with E-state index >= 15 is 0 Å². The minimum atomic E-state index is -4.59. The molecule has 0 spiro atoms. The number of carbonyl (C=O) groups excluding carboxylic acids is 4. The molecule has 0 bridgehead atoms. The molecule has 0 saturated heterocycles. The van der Waals surface area contributed by atoms with E-state index in [1.807, 2.05) is 0 Å². The largest absolute Gasteiger partial charge is 0.472 e. The summed E-state index contributed by atoms with van der Waals surface area (Å²) in [4.78, 5) is 58.6. The Kier molecular flexibility index (Phi) is 62.0. The topological polar surface area (TPSA) is 164 Å². The number of alkyl carbamates (subject to hydrolysis) is 1. The first-order valence-electron chi connectivity index (χ1n) is 34.0. The molecule has 468 valence electrons. The molecule has 0 rings (SSSR count). The highest BCUT2D eigenvalue weighted by Crippen LogP contribution is 2.43.